The van der Waals surface area contributed by atoms with Crippen LogP contribution in [0.5, 0.6) is 0 Å². The molecule has 0 aliphatic heterocycles. The number of carbonyl (C=O) groups is 1. The fourth-order valence-electron chi connectivity index (χ4n) is 1.58. The first-order valence-corrected chi connectivity index (χ1v) is 6.53. The second-order valence-corrected chi connectivity index (χ2v) is 4.30. The molecule has 0 rings (SSSR count). The smallest absolute Gasteiger partial charge is 0.311 e. The molecule has 4 nitrogen and oxygen atoms in total. The predicted molar refractivity (Wildman–Crippen MR) is 68.4 cm³/mol. The first-order valence-electron chi connectivity index (χ1n) is 6.53. The Labute approximate surface area is 104 Å². The number of unbranched alkanes of at least 4 members (excludes halogenated alkanes) is 5. The lowest BCUT2D eigenvalue weighted by Crippen LogP contribution is -2.18. The minimum absolute atomic E-state index is 0.0102. The van der Waals surface area contributed by atoms with Crippen molar-refractivity contribution in [3.05, 3.63) is 0 Å². The van der Waals surface area contributed by atoms with Crippen LogP contribution in [0.4, 0.5) is 0 Å². The average Bonchev–Trinajstić information content (AvgIpc) is 2.31. The predicted octanol–water partition coefficient (Wildman–Crippen LogP) is 2.68. The third-order valence-electron chi connectivity index (χ3n) is 2.60. The number of esters is 1. The number of hydrogen-bond donors (Lipinski definition) is 2. The van der Waals surface area contributed by atoms with Crippen LogP contribution in [0.25, 0.3) is 0 Å². The number of aliphatic hydroxyl groups excluding tert-OH is 1. The van der Waals surface area contributed by atoms with Gasteiger partial charge < -0.3 is 15.3 Å². The Balaban J connectivity index is 3.31. The summed E-state index contributed by atoms with van der Waals surface area (Å²) in [6, 6.07) is 0. The van der Waals surface area contributed by atoms with E-state index in [4.69, 9.17) is 10.1 Å². The minimum atomic E-state index is -0.559. The van der Waals surface area contributed by atoms with Gasteiger partial charge in [0.15, 0.2) is 0 Å². The van der Waals surface area contributed by atoms with Crippen molar-refractivity contribution in [2.24, 2.45) is 0 Å². The van der Waals surface area contributed by atoms with E-state index in [-0.39, 0.29) is 13.0 Å². The van der Waals surface area contributed by atoms with Crippen molar-refractivity contribution in [2.75, 3.05) is 6.61 Å². The topological polar surface area (TPSA) is 70.4 Å². The van der Waals surface area contributed by atoms with E-state index in [0.29, 0.717) is 6.42 Å². The average molecular weight is 243 g/mol. The van der Waals surface area contributed by atoms with Crippen LogP contribution in [0.15, 0.2) is 0 Å². The highest BCUT2D eigenvalue weighted by molar-refractivity contribution is 5.84. The summed E-state index contributed by atoms with van der Waals surface area (Å²) in [5.74, 6) is -0.443. The fourth-order valence-corrected chi connectivity index (χ4v) is 1.58. The van der Waals surface area contributed by atoms with Crippen molar-refractivity contribution in [2.45, 2.75) is 64.4 Å². The maximum absolute atomic E-state index is 10.9. The third kappa shape index (κ3) is 11.4. The zero-order valence-electron chi connectivity index (χ0n) is 10.8. The Morgan fingerprint density at radius 1 is 1.29 bits per heavy atom. The SMILES string of the molecule is CCCCCCCCC(O)COC(=O)CC=N. The van der Waals surface area contributed by atoms with Gasteiger partial charge in [-0.2, -0.15) is 0 Å². The molecule has 0 amide bonds. The lowest BCUT2D eigenvalue weighted by atomic mass is 10.1. The number of ether oxygens (including phenoxy) is 1. The van der Waals surface area contributed by atoms with Gasteiger partial charge in [0.05, 0.1) is 12.5 Å². The highest BCUT2D eigenvalue weighted by Gasteiger charge is 2.07. The molecule has 1 atom stereocenters. The van der Waals surface area contributed by atoms with Gasteiger partial charge in [0.25, 0.3) is 0 Å². The maximum atomic E-state index is 10.9. The van der Waals surface area contributed by atoms with E-state index < -0.39 is 12.1 Å². The summed E-state index contributed by atoms with van der Waals surface area (Å²) in [5.41, 5.74) is 0. The Morgan fingerprint density at radius 3 is 2.59 bits per heavy atom. The number of nitrogens with one attached hydrogen (secondary N) is 1. The summed E-state index contributed by atoms with van der Waals surface area (Å²) in [6.45, 7) is 2.24. The maximum Gasteiger partial charge on any atom is 0.311 e. The van der Waals surface area contributed by atoms with E-state index in [1.807, 2.05) is 0 Å². The van der Waals surface area contributed by atoms with Crippen LogP contribution >= 0.6 is 0 Å². The van der Waals surface area contributed by atoms with E-state index in [2.05, 4.69) is 6.92 Å². The van der Waals surface area contributed by atoms with Crippen LogP contribution in [0, 0.1) is 5.41 Å². The molecular formula is C13H25NO3. The molecule has 17 heavy (non-hydrogen) atoms. The van der Waals surface area contributed by atoms with E-state index in [9.17, 15) is 9.90 Å². The van der Waals surface area contributed by atoms with Crippen LogP contribution in [-0.2, 0) is 9.53 Å². The van der Waals surface area contributed by atoms with Gasteiger partial charge in [0, 0.05) is 6.21 Å². The summed E-state index contributed by atoms with van der Waals surface area (Å²) < 4.78 is 4.80. The molecule has 0 saturated heterocycles. The Bertz CT molecular complexity index is 207. The molecule has 0 aromatic rings. The largest absolute Gasteiger partial charge is 0.463 e. The second kappa shape index (κ2) is 11.6. The van der Waals surface area contributed by atoms with Crippen molar-refractivity contribution in [3.8, 4) is 0 Å². The molecule has 100 valence electrons. The highest BCUT2D eigenvalue weighted by atomic mass is 16.5. The number of aliphatic hydroxyl groups is 1. The molecule has 0 fully saturated rings. The van der Waals surface area contributed by atoms with E-state index >= 15 is 0 Å². The van der Waals surface area contributed by atoms with Gasteiger partial charge in [-0.15, -0.1) is 0 Å². The number of carbonyl (C=O) groups excluding carboxylic acids is 1. The van der Waals surface area contributed by atoms with Gasteiger partial charge in [-0.25, -0.2) is 0 Å². The Morgan fingerprint density at radius 2 is 1.94 bits per heavy atom. The second-order valence-electron chi connectivity index (χ2n) is 4.30. The minimum Gasteiger partial charge on any atom is -0.463 e. The summed E-state index contributed by atoms with van der Waals surface area (Å²) in [5, 5.41) is 16.3. The normalized spacial score (nSPS) is 12.1. The van der Waals surface area contributed by atoms with Gasteiger partial charge in [-0.05, 0) is 6.42 Å². The summed E-state index contributed by atoms with van der Waals surface area (Å²) >= 11 is 0. The molecule has 4 heteroatoms. The molecule has 0 aromatic heterocycles. The monoisotopic (exact) mass is 243 g/mol. The summed E-state index contributed by atoms with van der Waals surface area (Å²) in [7, 11) is 0. The van der Waals surface area contributed by atoms with E-state index in [1.54, 1.807) is 0 Å². The standard InChI is InChI=1S/C13H25NO3/c1-2-3-4-5-6-7-8-12(15)11-17-13(16)9-10-14/h10,12,14-15H,2-9,11H2,1H3. The van der Waals surface area contributed by atoms with Gasteiger partial charge >= 0.3 is 5.97 Å². The molecule has 0 heterocycles. The van der Waals surface area contributed by atoms with Crippen LogP contribution in [0.1, 0.15) is 58.3 Å². The van der Waals surface area contributed by atoms with Crippen molar-refractivity contribution >= 4 is 12.2 Å². The van der Waals surface area contributed by atoms with Crippen molar-refractivity contribution in [1.29, 1.82) is 5.41 Å². The fraction of sp³-hybridized carbons (Fsp3) is 0.846. The van der Waals surface area contributed by atoms with Gasteiger partial charge in [0.1, 0.15) is 6.61 Å². The molecule has 1 unspecified atom stereocenters. The zero-order valence-corrected chi connectivity index (χ0v) is 10.8. The molecule has 0 aliphatic carbocycles. The number of rotatable bonds is 11. The molecule has 0 spiro atoms. The number of hydrogen-bond acceptors (Lipinski definition) is 4. The van der Waals surface area contributed by atoms with Crippen LogP contribution in [0.3, 0.4) is 0 Å². The van der Waals surface area contributed by atoms with Crippen molar-refractivity contribution in [3.63, 3.8) is 0 Å². The van der Waals surface area contributed by atoms with Gasteiger partial charge in [-0.1, -0.05) is 45.4 Å². The van der Waals surface area contributed by atoms with Gasteiger partial charge in [-0.3, -0.25) is 4.79 Å². The Kier molecular flexibility index (Phi) is 11.0. The Hall–Kier alpha value is -0.900. The third-order valence-corrected chi connectivity index (χ3v) is 2.60. The highest BCUT2D eigenvalue weighted by Crippen LogP contribution is 2.08. The van der Waals surface area contributed by atoms with Crippen molar-refractivity contribution < 1.29 is 14.6 Å². The lowest BCUT2D eigenvalue weighted by Gasteiger charge is -2.10. The molecule has 0 saturated carbocycles. The molecule has 2 N–H and O–H groups in total. The lowest BCUT2D eigenvalue weighted by molar-refractivity contribution is -0.145. The molecule has 0 aromatic carbocycles. The first kappa shape index (κ1) is 16.1. The molecule has 0 bridgehead atoms. The van der Waals surface area contributed by atoms with Crippen molar-refractivity contribution in [1.82, 2.24) is 0 Å². The van der Waals surface area contributed by atoms with Gasteiger partial charge in [0.2, 0.25) is 0 Å². The molecule has 0 aliphatic rings. The quantitative estimate of drug-likeness (QED) is 0.333. The first-order chi connectivity index (χ1) is 8.20. The molecule has 0 radical (unpaired) electrons. The molecular weight excluding hydrogens is 218 g/mol. The summed E-state index contributed by atoms with van der Waals surface area (Å²) in [6.07, 6.45) is 8.23. The van der Waals surface area contributed by atoms with Crippen LogP contribution in [-0.4, -0.2) is 30.0 Å². The van der Waals surface area contributed by atoms with Crippen LogP contribution < -0.4 is 0 Å². The van der Waals surface area contributed by atoms with Crippen LogP contribution in [0.2, 0.25) is 0 Å². The van der Waals surface area contributed by atoms with E-state index in [1.165, 1.54) is 25.7 Å². The van der Waals surface area contributed by atoms with E-state index in [0.717, 1.165) is 19.1 Å². The summed E-state index contributed by atoms with van der Waals surface area (Å²) in [4.78, 5) is 10.9. The zero-order chi connectivity index (χ0) is 12.9.